The molecule has 1 N–H and O–H groups in total. The van der Waals surface area contributed by atoms with Gasteiger partial charge in [-0.05, 0) is 62.5 Å². The molecule has 2 rings (SSSR count). The zero-order valence-corrected chi connectivity index (χ0v) is 10.3. The number of nitrogens with one attached hydrogen (secondary N) is 1. The second kappa shape index (κ2) is 6.50. The van der Waals surface area contributed by atoms with E-state index in [0.717, 1.165) is 32.4 Å². The van der Waals surface area contributed by atoms with Gasteiger partial charge in [-0.15, -0.1) is 0 Å². The summed E-state index contributed by atoms with van der Waals surface area (Å²) in [7, 11) is 0. The maximum absolute atomic E-state index is 12.7. The molecule has 0 radical (unpaired) electrons. The third-order valence-electron chi connectivity index (χ3n) is 3.26. The van der Waals surface area contributed by atoms with Gasteiger partial charge in [0.05, 0.1) is 0 Å². The Morgan fingerprint density at radius 3 is 2.61 bits per heavy atom. The molecule has 0 amide bonds. The van der Waals surface area contributed by atoms with Gasteiger partial charge < -0.3 is 10.1 Å². The van der Waals surface area contributed by atoms with E-state index in [1.165, 1.54) is 24.3 Å². The second-order valence-corrected chi connectivity index (χ2v) is 4.66. The van der Waals surface area contributed by atoms with Crippen LogP contribution in [0.2, 0.25) is 0 Å². The lowest BCUT2D eigenvalue weighted by Crippen LogP contribution is -2.28. The monoisotopic (exact) mass is 251 g/mol. The van der Waals surface area contributed by atoms with Crippen molar-refractivity contribution in [2.24, 2.45) is 5.92 Å². The van der Waals surface area contributed by atoms with Crippen LogP contribution in [-0.4, -0.2) is 19.1 Å². The van der Waals surface area contributed by atoms with Crippen LogP contribution in [0, 0.1) is 11.7 Å². The topological polar surface area (TPSA) is 38.3 Å². The molecule has 0 saturated carbocycles. The van der Waals surface area contributed by atoms with E-state index in [-0.39, 0.29) is 11.8 Å². The number of carbonyl (C=O) groups is 1. The molecule has 1 aromatic carbocycles. The van der Waals surface area contributed by atoms with Crippen LogP contribution < -0.4 is 10.1 Å². The number of piperidine rings is 1. The van der Waals surface area contributed by atoms with Gasteiger partial charge in [0.2, 0.25) is 0 Å². The predicted molar refractivity (Wildman–Crippen MR) is 66.9 cm³/mol. The van der Waals surface area contributed by atoms with Crippen molar-refractivity contribution in [3.05, 3.63) is 30.1 Å². The van der Waals surface area contributed by atoms with Gasteiger partial charge in [-0.3, -0.25) is 4.79 Å². The van der Waals surface area contributed by atoms with Crippen molar-refractivity contribution < 1.29 is 13.9 Å². The van der Waals surface area contributed by atoms with Gasteiger partial charge in [0.1, 0.15) is 11.6 Å². The molecule has 0 spiro atoms. The fraction of sp³-hybridized carbons (Fsp3) is 0.500. The molecule has 0 bridgehead atoms. The maximum atomic E-state index is 12.7. The molecule has 1 aromatic rings. The molecule has 98 valence electrons. The number of carbonyl (C=O) groups excluding carboxylic acids is 1. The lowest BCUT2D eigenvalue weighted by Gasteiger charge is -2.21. The Bertz CT molecular complexity index is 385. The zero-order chi connectivity index (χ0) is 12.8. The summed E-state index contributed by atoms with van der Waals surface area (Å²) >= 11 is 0. The van der Waals surface area contributed by atoms with Crippen molar-refractivity contribution in [2.75, 3.05) is 13.1 Å². The van der Waals surface area contributed by atoms with Crippen LogP contribution in [0.15, 0.2) is 24.3 Å². The van der Waals surface area contributed by atoms with Crippen LogP contribution in [0.4, 0.5) is 4.39 Å². The summed E-state index contributed by atoms with van der Waals surface area (Å²) in [4.78, 5) is 11.6. The molecule has 1 heterocycles. The first kappa shape index (κ1) is 13.0. The second-order valence-electron chi connectivity index (χ2n) is 4.66. The minimum atomic E-state index is -0.329. The van der Waals surface area contributed by atoms with E-state index in [1.54, 1.807) is 0 Å². The summed E-state index contributed by atoms with van der Waals surface area (Å²) in [5.41, 5.74) is 0. The summed E-state index contributed by atoms with van der Waals surface area (Å²) in [6.45, 7) is 2.08. The van der Waals surface area contributed by atoms with Gasteiger partial charge in [-0.25, -0.2) is 4.39 Å². The smallest absolute Gasteiger partial charge is 0.311 e. The van der Waals surface area contributed by atoms with Crippen LogP contribution >= 0.6 is 0 Å². The van der Waals surface area contributed by atoms with Crippen LogP contribution in [-0.2, 0) is 4.79 Å². The summed E-state index contributed by atoms with van der Waals surface area (Å²) in [5.74, 6) is 0.461. The average molecular weight is 251 g/mol. The standard InChI is InChI=1S/C14H18FNO2/c15-12-2-4-13(5-3-12)18-14(17)6-1-11-7-9-16-10-8-11/h2-5,11,16H,1,6-10H2. The number of rotatable bonds is 4. The molecular formula is C14H18FNO2. The van der Waals surface area contributed by atoms with Crippen molar-refractivity contribution in [1.29, 1.82) is 0 Å². The van der Waals surface area contributed by atoms with Gasteiger partial charge in [0, 0.05) is 6.42 Å². The molecule has 0 aromatic heterocycles. The zero-order valence-electron chi connectivity index (χ0n) is 10.3. The Morgan fingerprint density at radius 1 is 1.28 bits per heavy atom. The molecule has 0 atom stereocenters. The average Bonchev–Trinajstić information content (AvgIpc) is 2.40. The van der Waals surface area contributed by atoms with E-state index < -0.39 is 0 Å². The predicted octanol–water partition coefficient (Wildman–Crippen LogP) is 2.51. The molecule has 1 aliphatic heterocycles. The normalized spacial score (nSPS) is 16.5. The fourth-order valence-corrected chi connectivity index (χ4v) is 2.18. The number of benzene rings is 1. The summed E-state index contributed by atoms with van der Waals surface area (Å²) < 4.78 is 17.8. The number of halogens is 1. The highest BCUT2D eigenvalue weighted by Crippen LogP contribution is 2.19. The molecule has 18 heavy (non-hydrogen) atoms. The molecule has 4 heteroatoms. The third-order valence-corrected chi connectivity index (χ3v) is 3.26. The van der Waals surface area contributed by atoms with Gasteiger partial charge in [0.15, 0.2) is 0 Å². The molecule has 1 fully saturated rings. The van der Waals surface area contributed by atoms with Gasteiger partial charge in [-0.2, -0.15) is 0 Å². The van der Waals surface area contributed by atoms with Gasteiger partial charge >= 0.3 is 5.97 Å². The quantitative estimate of drug-likeness (QED) is 0.660. The van der Waals surface area contributed by atoms with Crippen LogP contribution in [0.25, 0.3) is 0 Å². The van der Waals surface area contributed by atoms with E-state index in [9.17, 15) is 9.18 Å². The lowest BCUT2D eigenvalue weighted by molar-refractivity contribution is -0.134. The van der Waals surface area contributed by atoms with Crippen LogP contribution in [0.5, 0.6) is 5.75 Å². The first-order valence-electron chi connectivity index (χ1n) is 6.41. The van der Waals surface area contributed by atoms with Crippen LogP contribution in [0.1, 0.15) is 25.7 Å². The Hall–Kier alpha value is -1.42. The van der Waals surface area contributed by atoms with E-state index in [4.69, 9.17) is 4.74 Å². The largest absolute Gasteiger partial charge is 0.427 e. The van der Waals surface area contributed by atoms with E-state index >= 15 is 0 Å². The number of ether oxygens (including phenoxy) is 1. The number of esters is 1. The molecule has 1 aliphatic rings. The highest BCUT2D eigenvalue weighted by atomic mass is 19.1. The Balaban J connectivity index is 1.73. The summed E-state index contributed by atoms with van der Waals surface area (Å²) in [6.07, 6.45) is 3.57. The van der Waals surface area contributed by atoms with Crippen molar-refractivity contribution in [3.63, 3.8) is 0 Å². The Morgan fingerprint density at radius 2 is 1.94 bits per heavy atom. The number of hydrogen-bond acceptors (Lipinski definition) is 3. The first-order valence-corrected chi connectivity index (χ1v) is 6.41. The lowest BCUT2D eigenvalue weighted by atomic mass is 9.93. The van der Waals surface area contributed by atoms with Crippen molar-refractivity contribution in [2.45, 2.75) is 25.7 Å². The SMILES string of the molecule is O=C(CCC1CCNCC1)Oc1ccc(F)cc1. The van der Waals surface area contributed by atoms with E-state index in [1.807, 2.05) is 0 Å². The van der Waals surface area contributed by atoms with Crippen LogP contribution in [0.3, 0.4) is 0 Å². The molecule has 1 saturated heterocycles. The highest BCUT2D eigenvalue weighted by molar-refractivity contribution is 5.72. The van der Waals surface area contributed by atoms with Gasteiger partial charge in [-0.1, -0.05) is 0 Å². The minimum absolute atomic E-state index is 0.236. The summed E-state index contributed by atoms with van der Waals surface area (Å²) in [6, 6.07) is 5.51. The van der Waals surface area contributed by atoms with Gasteiger partial charge in [0.25, 0.3) is 0 Å². The number of hydrogen-bond donors (Lipinski definition) is 1. The summed E-state index contributed by atoms with van der Waals surface area (Å²) in [5, 5.41) is 3.30. The van der Waals surface area contributed by atoms with Crippen molar-refractivity contribution in [3.8, 4) is 5.75 Å². The maximum Gasteiger partial charge on any atom is 0.311 e. The third kappa shape index (κ3) is 4.11. The molecule has 0 unspecified atom stereocenters. The molecule has 3 nitrogen and oxygen atoms in total. The van der Waals surface area contributed by atoms with Crippen molar-refractivity contribution >= 4 is 5.97 Å². The minimum Gasteiger partial charge on any atom is -0.427 e. The Labute approximate surface area is 106 Å². The van der Waals surface area contributed by atoms with E-state index in [0.29, 0.717) is 18.1 Å². The van der Waals surface area contributed by atoms with Crippen molar-refractivity contribution in [1.82, 2.24) is 5.32 Å². The highest BCUT2D eigenvalue weighted by Gasteiger charge is 2.15. The first-order chi connectivity index (χ1) is 8.74. The fourth-order valence-electron chi connectivity index (χ4n) is 2.18. The molecular weight excluding hydrogens is 233 g/mol. The molecule has 0 aliphatic carbocycles. The Kier molecular flexibility index (Phi) is 4.70. The van der Waals surface area contributed by atoms with E-state index in [2.05, 4.69) is 5.32 Å².